The van der Waals surface area contributed by atoms with Crippen molar-refractivity contribution in [2.24, 2.45) is 0 Å². The molecule has 1 radical (unpaired) electrons. The van der Waals surface area contributed by atoms with Gasteiger partial charge in [-0.3, -0.25) is 0 Å². The molecular weight excluding hydrogens is 283 g/mol. The van der Waals surface area contributed by atoms with E-state index in [0.717, 1.165) is 18.1 Å². The maximum Gasteiger partial charge on any atom is 0.573 e. The van der Waals surface area contributed by atoms with Gasteiger partial charge in [-0.25, -0.2) is 13.1 Å². The van der Waals surface area contributed by atoms with Crippen molar-refractivity contribution >= 4 is 10.0 Å². The minimum Gasteiger partial charge on any atom is -0.404 e. The molecule has 0 atom stereocenters. The van der Waals surface area contributed by atoms with Crippen molar-refractivity contribution in [3.63, 3.8) is 0 Å². The minimum absolute atomic E-state index is 0.0443. The van der Waals surface area contributed by atoms with Crippen molar-refractivity contribution in [3.8, 4) is 5.75 Å². The molecule has 0 aliphatic rings. The third kappa shape index (κ3) is 5.07. The monoisotopic (exact) mass is 296 g/mol. The highest BCUT2D eigenvalue weighted by molar-refractivity contribution is 7.89. The summed E-state index contributed by atoms with van der Waals surface area (Å²) in [6, 6.07) is 4.58. The van der Waals surface area contributed by atoms with Gasteiger partial charge in [-0.05, 0) is 18.1 Å². The van der Waals surface area contributed by atoms with Gasteiger partial charge < -0.3 is 4.74 Å². The molecule has 0 fully saturated rings. The van der Waals surface area contributed by atoms with E-state index >= 15 is 0 Å². The molecule has 0 saturated carbocycles. The zero-order valence-corrected chi connectivity index (χ0v) is 11.1. The summed E-state index contributed by atoms with van der Waals surface area (Å²) < 4.78 is 66.2. The van der Waals surface area contributed by atoms with Crippen LogP contribution in [0.3, 0.4) is 0 Å². The van der Waals surface area contributed by atoms with Crippen LogP contribution >= 0.6 is 0 Å². The van der Waals surface area contributed by atoms with Gasteiger partial charge >= 0.3 is 6.36 Å². The molecule has 1 aromatic rings. The van der Waals surface area contributed by atoms with Gasteiger partial charge in [0.2, 0.25) is 10.0 Å². The molecule has 0 aromatic heterocycles. The van der Waals surface area contributed by atoms with E-state index in [1.807, 2.05) is 0 Å². The van der Waals surface area contributed by atoms with Gasteiger partial charge in [-0.2, -0.15) is 0 Å². The van der Waals surface area contributed by atoms with Crippen LogP contribution in [0.4, 0.5) is 13.2 Å². The van der Waals surface area contributed by atoms with Gasteiger partial charge in [0, 0.05) is 6.54 Å². The van der Waals surface area contributed by atoms with Crippen LogP contribution in [0, 0.1) is 5.92 Å². The predicted octanol–water partition coefficient (Wildman–Crippen LogP) is 2.48. The molecule has 107 valence electrons. The largest absolute Gasteiger partial charge is 0.573 e. The Morgan fingerprint density at radius 3 is 2.37 bits per heavy atom. The predicted molar refractivity (Wildman–Crippen MR) is 62.9 cm³/mol. The number of alkyl halides is 3. The Labute approximate surface area is 109 Å². The topological polar surface area (TPSA) is 55.4 Å². The summed E-state index contributed by atoms with van der Waals surface area (Å²) in [7, 11) is -4.05. The smallest absolute Gasteiger partial charge is 0.404 e. The Hall–Kier alpha value is -1.28. The Bertz CT molecular complexity index is 526. The summed E-state index contributed by atoms with van der Waals surface area (Å²) >= 11 is 0. The van der Waals surface area contributed by atoms with E-state index in [-0.39, 0.29) is 6.54 Å². The summed E-state index contributed by atoms with van der Waals surface area (Å²) in [6.45, 7) is 3.43. The van der Waals surface area contributed by atoms with Gasteiger partial charge in [0.05, 0.1) is 0 Å². The van der Waals surface area contributed by atoms with Crippen LogP contribution in [0.5, 0.6) is 5.75 Å². The van der Waals surface area contributed by atoms with Gasteiger partial charge in [-0.1, -0.05) is 26.0 Å². The van der Waals surface area contributed by atoms with Crippen LogP contribution in [0.15, 0.2) is 29.2 Å². The first-order valence-corrected chi connectivity index (χ1v) is 6.73. The van der Waals surface area contributed by atoms with E-state index in [2.05, 4.69) is 9.46 Å². The number of sulfonamides is 1. The van der Waals surface area contributed by atoms with Crippen LogP contribution in [0.2, 0.25) is 0 Å². The Morgan fingerprint density at radius 1 is 1.26 bits per heavy atom. The van der Waals surface area contributed by atoms with Crippen molar-refractivity contribution in [1.82, 2.24) is 4.72 Å². The Morgan fingerprint density at radius 2 is 1.84 bits per heavy atom. The molecule has 1 rings (SSSR count). The molecular formula is C11H13F3NO3S. The molecule has 19 heavy (non-hydrogen) atoms. The van der Waals surface area contributed by atoms with E-state index in [9.17, 15) is 21.6 Å². The van der Waals surface area contributed by atoms with E-state index in [4.69, 9.17) is 0 Å². The number of para-hydroxylation sites is 1. The fraction of sp³-hybridized carbons (Fsp3) is 0.364. The molecule has 0 aliphatic heterocycles. The van der Waals surface area contributed by atoms with Crippen LogP contribution < -0.4 is 9.46 Å². The Kier molecular flexibility index (Phi) is 4.81. The minimum atomic E-state index is -4.95. The average molecular weight is 296 g/mol. The van der Waals surface area contributed by atoms with E-state index < -0.39 is 27.0 Å². The number of hydrogen-bond donors (Lipinski definition) is 1. The van der Waals surface area contributed by atoms with Crippen LogP contribution in [0.1, 0.15) is 13.8 Å². The SMILES string of the molecule is C[C](C)CNS(=O)(=O)c1ccccc1OC(F)(F)F. The molecule has 0 unspecified atom stereocenters. The first-order valence-electron chi connectivity index (χ1n) is 5.25. The Balaban J connectivity index is 3.06. The van der Waals surface area contributed by atoms with Crippen molar-refractivity contribution in [2.75, 3.05) is 6.54 Å². The lowest BCUT2D eigenvalue weighted by Crippen LogP contribution is -2.28. The van der Waals surface area contributed by atoms with Crippen LogP contribution in [0.25, 0.3) is 0 Å². The summed E-state index contributed by atoms with van der Waals surface area (Å²) in [5.41, 5.74) is 0. The molecule has 0 aliphatic carbocycles. The van der Waals surface area contributed by atoms with E-state index in [1.165, 1.54) is 12.1 Å². The van der Waals surface area contributed by atoms with E-state index in [1.54, 1.807) is 13.8 Å². The van der Waals surface area contributed by atoms with Crippen molar-refractivity contribution < 1.29 is 26.3 Å². The maximum absolute atomic E-state index is 12.2. The summed E-state index contributed by atoms with van der Waals surface area (Å²) in [5, 5.41) is 0. The molecule has 0 heterocycles. The fourth-order valence-electron chi connectivity index (χ4n) is 1.20. The van der Waals surface area contributed by atoms with Crippen molar-refractivity contribution in [3.05, 3.63) is 30.2 Å². The second kappa shape index (κ2) is 5.79. The first-order chi connectivity index (χ1) is 8.62. The normalized spacial score (nSPS) is 12.7. The standard InChI is InChI=1S/C11H13F3NO3S/c1-8(2)7-15-19(16,17)10-6-4-3-5-9(10)18-11(12,13)14/h3-6,15H,7H2,1-2H3. The van der Waals surface area contributed by atoms with Gasteiger partial charge in [-0.15, -0.1) is 13.2 Å². The lowest BCUT2D eigenvalue weighted by molar-refractivity contribution is -0.275. The van der Waals surface area contributed by atoms with Crippen molar-refractivity contribution in [1.29, 1.82) is 0 Å². The highest BCUT2D eigenvalue weighted by Gasteiger charge is 2.33. The average Bonchev–Trinajstić information content (AvgIpc) is 2.25. The third-order valence-corrected chi connectivity index (χ3v) is 3.42. The van der Waals surface area contributed by atoms with Crippen LogP contribution in [-0.4, -0.2) is 21.3 Å². The van der Waals surface area contributed by atoms with Crippen molar-refractivity contribution in [2.45, 2.75) is 25.1 Å². The molecule has 1 N–H and O–H groups in total. The molecule has 0 spiro atoms. The van der Waals surface area contributed by atoms with Crippen LogP contribution in [-0.2, 0) is 10.0 Å². The molecule has 0 amide bonds. The molecule has 8 heteroatoms. The fourth-order valence-corrected chi connectivity index (χ4v) is 2.46. The second-order valence-corrected chi connectivity index (χ2v) is 5.76. The first kappa shape index (κ1) is 15.8. The van der Waals surface area contributed by atoms with Gasteiger partial charge in [0.1, 0.15) is 10.6 Å². The molecule has 4 nitrogen and oxygen atoms in total. The van der Waals surface area contributed by atoms with Gasteiger partial charge in [0.25, 0.3) is 0 Å². The molecule has 0 saturated heterocycles. The zero-order chi connectivity index (χ0) is 14.7. The second-order valence-electron chi connectivity index (χ2n) is 4.03. The third-order valence-electron chi connectivity index (χ3n) is 1.98. The summed E-state index contributed by atoms with van der Waals surface area (Å²) in [6.07, 6.45) is -4.95. The number of ether oxygens (including phenoxy) is 1. The lowest BCUT2D eigenvalue weighted by atomic mass is 10.2. The number of rotatable bonds is 5. The number of benzene rings is 1. The summed E-state index contributed by atoms with van der Waals surface area (Å²) in [5.74, 6) is 0.0223. The highest BCUT2D eigenvalue weighted by Crippen LogP contribution is 2.29. The number of nitrogens with one attached hydrogen (secondary N) is 1. The number of halogens is 3. The molecule has 1 aromatic carbocycles. The quantitative estimate of drug-likeness (QED) is 0.908. The zero-order valence-electron chi connectivity index (χ0n) is 10.3. The van der Waals surface area contributed by atoms with Gasteiger partial charge in [0.15, 0.2) is 0 Å². The van der Waals surface area contributed by atoms with E-state index in [0.29, 0.717) is 0 Å². The number of hydrogen-bond acceptors (Lipinski definition) is 3. The molecule has 0 bridgehead atoms. The maximum atomic E-state index is 12.2. The highest BCUT2D eigenvalue weighted by atomic mass is 32.2. The summed E-state index contributed by atoms with van der Waals surface area (Å²) in [4.78, 5) is -0.548. The lowest BCUT2D eigenvalue weighted by Gasteiger charge is -2.14.